The molecular formula is C17H27NO2. The second kappa shape index (κ2) is 8.75. The van der Waals surface area contributed by atoms with Gasteiger partial charge in [-0.25, -0.2) is 0 Å². The minimum atomic E-state index is -0.154. The highest BCUT2D eigenvalue weighted by Gasteiger charge is 2.14. The van der Waals surface area contributed by atoms with Crippen molar-refractivity contribution in [2.75, 3.05) is 13.7 Å². The lowest BCUT2D eigenvalue weighted by molar-refractivity contribution is -0.141. The van der Waals surface area contributed by atoms with E-state index in [1.165, 1.54) is 18.2 Å². The molecule has 1 unspecified atom stereocenters. The van der Waals surface area contributed by atoms with Gasteiger partial charge in [0, 0.05) is 6.04 Å². The van der Waals surface area contributed by atoms with Crippen molar-refractivity contribution in [2.24, 2.45) is 5.92 Å². The van der Waals surface area contributed by atoms with Crippen LogP contribution in [-0.4, -0.2) is 25.7 Å². The van der Waals surface area contributed by atoms with Gasteiger partial charge in [0.25, 0.3) is 0 Å². The molecule has 1 N–H and O–H groups in total. The first-order valence-corrected chi connectivity index (χ1v) is 7.37. The van der Waals surface area contributed by atoms with Crippen LogP contribution < -0.4 is 5.32 Å². The largest absolute Gasteiger partial charge is 0.469 e. The van der Waals surface area contributed by atoms with Crippen LogP contribution in [0, 0.1) is 12.8 Å². The predicted octanol–water partition coefficient (Wildman–Crippen LogP) is 3.10. The second-order valence-corrected chi connectivity index (χ2v) is 5.80. The summed E-state index contributed by atoms with van der Waals surface area (Å²) in [7, 11) is 1.44. The lowest BCUT2D eigenvalue weighted by atomic mass is 10.0. The van der Waals surface area contributed by atoms with Crippen LogP contribution in [0.1, 0.15) is 37.8 Å². The summed E-state index contributed by atoms with van der Waals surface area (Å²) < 4.78 is 4.79. The zero-order valence-electron chi connectivity index (χ0n) is 13.1. The Labute approximate surface area is 122 Å². The van der Waals surface area contributed by atoms with Crippen LogP contribution in [0.3, 0.4) is 0 Å². The first kappa shape index (κ1) is 16.7. The van der Waals surface area contributed by atoms with Crippen molar-refractivity contribution in [1.82, 2.24) is 5.32 Å². The molecule has 1 atom stereocenters. The third-order valence-corrected chi connectivity index (χ3v) is 3.40. The van der Waals surface area contributed by atoms with Gasteiger partial charge in [-0.3, -0.25) is 4.79 Å². The van der Waals surface area contributed by atoms with Crippen LogP contribution in [0.25, 0.3) is 0 Å². The number of hydrogen-bond donors (Lipinski definition) is 1. The third kappa shape index (κ3) is 6.71. The van der Waals surface area contributed by atoms with E-state index in [2.05, 4.69) is 50.4 Å². The molecule has 20 heavy (non-hydrogen) atoms. The SMILES string of the molecule is COC(=O)CC(Cc1ccc(C)cc1)NCCC(C)C. The fraction of sp³-hybridized carbons (Fsp3) is 0.588. The van der Waals surface area contributed by atoms with E-state index in [0.29, 0.717) is 12.3 Å². The second-order valence-electron chi connectivity index (χ2n) is 5.80. The van der Waals surface area contributed by atoms with Crippen molar-refractivity contribution in [1.29, 1.82) is 0 Å². The first-order valence-electron chi connectivity index (χ1n) is 7.37. The van der Waals surface area contributed by atoms with Crippen LogP contribution in [-0.2, 0) is 16.0 Å². The monoisotopic (exact) mass is 277 g/mol. The maximum atomic E-state index is 11.5. The predicted molar refractivity (Wildman–Crippen MR) is 82.8 cm³/mol. The van der Waals surface area contributed by atoms with E-state index in [-0.39, 0.29) is 12.0 Å². The zero-order valence-corrected chi connectivity index (χ0v) is 13.1. The lowest BCUT2D eigenvalue weighted by Crippen LogP contribution is -2.35. The molecule has 0 saturated carbocycles. The maximum Gasteiger partial charge on any atom is 0.307 e. The Kier molecular flexibility index (Phi) is 7.31. The van der Waals surface area contributed by atoms with E-state index >= 15 is 0 Å². The van der Waals surface area contributed by atoms with Gasteiger partial charge in [0.05, 0.1) is 13.5 Å². The number of esters is 1. The van der Waals surface area contributed by atoms with Gasteiger partial charge < -0.3 is 10.1 Å². The minimum Gasteiger partial charge on any atom is -0.469 e. The number of methoxy groups -OCH3 is 1. The molecule has 0 fully saturated rings. The van der Waals surface area contributed by atoms with Gasteiger partial charge in [0.1, 0.15) is 0 Å². The Balaban J connectivity index is 2.56. The summed E-state index contributed by atoms with van der Waals surface area (Å²) in [5, 5.41) is 3.48. The molecule has 0 heterocycles. The van der Waals surface area contributed by atoms with Crippen molar-refractivity contribution < 1.29 is 9.53 Å². The van der Waals surface area contributed by atoms with Gasteiger partial charge in [0.2, 0.25) is 0 Å². The summed E-state index contributed by atoms with van der Waals surface area (Å²) in [5.41, 5.74) is 2.51. The average Bonchev–Trinajstić information content (AvgIpc) is 2.40. The fourth-order valence-corrected chi connectivity index (χ4v) is 2.09. The summed E-state index contributed by atoms with van der Waals surface area (Å²) in [5.74, 6) is 0.514. The molecule has 0 spiro atoms. The number of nitrogens with one attached hydrogen (secondary N) is 1. The number of hydrogen-bond acceptors (Lipinski definition) is 3. The topological polar surface area (TPSA) is 38.3 Å². The molecule has 1 rings (SSSR count). The summed E-state index contributed by atoms with van der Waals surface area (Å²) in [4.78, 5) is 11.5. The van der Waals surface area contributed by atoms with Crippen LogP contribution in [0.15, 0.2) is 24.3 Å². The van der Waals surface area contributed by atoms with E-state index < -0.39 is 0 Å². The average molecular weight is 277 g/mol. The van der Waals surface area contributed by atoms with Crippen molar-refractivity contribution in [3.63, 3.8) is 0 Å². The first-order chi connectivity index (χ1) is 9.51. The Bertz CT molecular complexity index is 398. The van der Waals surface area contributed by atoms with E-state index in [4.69, 9.17) is 4.74 Å². The summed E-state index contributed by atoms with van der Waals surface area (Å²) in [6, 6.07) is 8.62. The van der Waals surface area contributed by atoms with Crippen LogP contribution in [0.2, 0.25) is 0 Å². The number of carbonyl (C=O) groups excluding carboxylic acids is 1. The number of carbonyl (C=O) groups is 1. The summed E-state index contributed by atoms with van der Waals surface area (Å²) >= 11 is 0. The fourth-order valence-electron chi connectivity index (χ4n) is 2.09. The maximum absolute atomic E-state index is 11.5. The standard InChI is InChI=1S/C17H27NO2/c1-13(2)9-10-18-16(12-17(19)20-4)11-15-7-5-14(3)6-8-15/h5-8,13,16,18H,9-12H2,1-4H3. The number of aryl methyl sites for hydroxylation is 1. The van der Waals surface area contributed by atoms with E-state index in [9.17, 15) is 4.79 Å². The Morgan fingerprint density at radius 1 is 1.25 bits per heavy atom. The minimum absolute atomic E-state index is 0.143. The molecule has 0 aliphatic heterocycles. The molecule has 0 bridgehead atoms. The van der Waals surface area contributed by atoms with Crippen molar-refractivity contribution in [3.8, 4) is 0 Å². The van der Waals surface area contributed by atoms with E-state index in [1.807, 2.05) is 0 Å². The normalized spacial score (nSPS) is 12.4. The van der Waals surface area contributed by atoms with Crippen molar-refractivity contribution >= 4 is 5.97 Å². The molecule has 0 aromatic heterocycles. The lowest BCUT2D eigenvalue weighted by Gasteiger charge is -2.18. The molecular weight excluding hydrogens is 250 g/mol. The Morgan fingerprint density at radius 3 is 2.45 bits per heavy atom. The van der Waals surface area contributed by atoms with Crippen molar-refractivity contribution in [2.45, 2.75) is 46.1 Å². The molecule has 0 aliphatic carbocycles. The van der Waals surface area contributed by atoms with Crippen LogP contribution in [0.4, 0.5) is 0 Å². The molecule has 3 nitrogen and oxygen atoms in total. The number of rotatable bonds is 8. The molecule has 0 aliphatic rings. The summed E-state index contributed by atoms with van der Waals surface area (Å²) in [6.07, 6.45) is 2.39. The highest BCUT2D eigenvalue weighted by Crippen LogP contribution is 2.09. The molecule has 1 aromatic rings. The van der Waals surface area contributed by atoms with E-state index in [0.717, 1.165) is 19.4 Å². The molecule has 3 heteroatoms. The highest BCUT2D eigenvalue weighted by molar-refractivity contribution is 5.70. The van der Waals surface area contributed by atoms with Gasteiger partial charge in [-0.2, -0.15) is 0 Å². The number of ether oxygens (including phenoxy) is 1. The summed E-state index contributed by atoms with van der Waals surface area (Å²) in [6.45, 7) is 7.43. The molecule has 0 radical (unpaired) electrons. The smallest absolute Gasteiger partial charge is 0.307 e. The number of benzene rings is 1. The molecule has 0 amide bonds. The van der Waals surface area contributed by atoms with Gasteiger partial charge in [-0.05, 0) is 37.8 Å². The van der Waals surface area contributed by atoms with Crippen LogP contribution >= 0.6 is 0 Å². The van der Waals surface area contributed by atoms with Gasteiger partial charge >= 0.3 is 5.97 Å². The van der Waals surface area contributed by atoms with Gasteiger partial charge in [-0.1, -0.05) is 43.7 Å². The van der Waals surface area contributed by atoms with Crippen molar-refractivity contribution in [3.05, 3.63) is 35.4 Å². The molecule has 0 saturated heterocycles. The van der Waals surface area contributed by atoms with Gasteiger partial charge in [-0.15, -0.1) is 0 Å². The molecule has 112 valence electrons. The third-order valence-electron chi connectivity index (χ3n) is 3.40. The van der Waals surface area contributed by atoms with E-state index in [1.54, 1.807) is 0 Å². The Hall–Kier alpha value is -1.35. The van der Waals surface area contributed by atoms with Crippen LogP contribution in [0.5, 0.6) is 0 Å². The quantitative estimate of drug-likeness (QED) is 0.742. The Morgan fingerprint density at radius 2 is 1.90 bits per heavy atom. The highest BCUT2D eigenvalue weighted by atomic mass is 16.5. The zero-order chi connectivity index (χ0) is 15.0. The van der Waals surface area contributed by atoms with Gasteiger partial charge in [0.15, 0.2) is 0 Å². The molecule has 1 aromatic carbocycles.